The lowest BCUT2D eigenvalue weighted by Gasteiger charge is -2.57. The van der Waals surface area contributed by atoms with Crippen molar-refractivity contribution in [3.8, 4) is 5.75 Å². The van der Waals surface area contributed by atoms with Gasteiger partial charge in [0.1, 0.15) is 5.75 Å². The van der Waals surface area contributed by atoms with Gasteiger partial charge in [0.05, 0.1) is 14.2 Å². The summed E-state index contributed by atoms with van der Waals surface area (Å²) in [6.45, 7) is -0.263. The van der Waals surface area contributed by atoms with Gasteiger partial charge in [-0.1, -0.05) is 24.3 Å². The lowest BCUT2D eigenvalue weighted by molar-refractivity contribution is -0.149. The highest BCUT2D eigenvalue weighted by Crippen LogP contribution is 2.60. The van der Waals surface area contributed by atoms with Crippen molar-refractivity contribution < 1.29 is 28.6 Å². The summed E-state index contributed by atoms with van der Waals surface area (Å²) in [5.41, 5.74) is 0.486. The fourth-order valence-electron chi connectivity index (χ4n) is 7.28. The van der Waals surface area contributed by atoms with Gasteiger partial charge in [-0.2, -0.15) is 0 Å². The number of rotatable bonds is 7. The molecule has 0 saturated heterocycles. The Labute approximate surface area is 205 Å². The van der Waals surface area contributed by atoms with Gasteiger partial charge < -0.3 is 19.5 Å². The summed E-state index contributed by atoms with van der Waals surface area (Å²) in [4.78, 5) is 37.3. The van der Waals surface area contributed by atoms with E-state index in [0.29, 0.717) is 11.2 Å². The third-order valence-electron chi connectivity index (χ3n) is 8.38. The normalized spacial score (nSPS) is 32.5. The summed E-state index contributed by atoms with van der Waals surface area (Å²) < 4.78 is 15.4. The molecule has 1 atom stereocenters. The number of allylic oxidation sites excluding steroid dienone is 2. The van der Waals surface area contributed by atoms with Crippen LogP contribution in [0.2, 0.25) is 0 Å². The van der Waals surface area contributed by atoms with E-state index in [0.717, 1.165) is 17.8 Å². The fourth-order valence-corrected chi connectivity index (χ4v) is 7.28. The lowest BCUT2D eigenvalue weighted by atomic mass is 9.48. The maximum Gasteiger partial charge on any atom is 0.336 e. The average Bonchev–Trinajstić information content (AvgIpc) is 2.86. The van der Waals surface area contributed by atoms with E-state index in [1.807, 2.05) is 12.1 Å². The third-order valence-corrected chi connectivity index (χ3v) is 8.38. The molecule has 4 bridgehead atoms. The summed E-state index contributed by atoms with van der Waals surface area (Å²) in [5.74, 6) is 1.53. The first-order chi connectivity index (χ1) is 16.8. The van der Waals surface area contributed by atoms with Gasteiger partial charge >= 0.3 is 11.9 Å². The van der Waals surface area contributed by atoms with Crippen LogP contribution in [0.5, 0.6) is 5.75 Å². The van der Waals surface area contributed by atoms with Crippen molar-refractivity contribution in [2.45, 2.75) is 55.9 Å². The van der Waals surface area contributed by atoms with Gasteiger partial charge in [-0.05, 0) is 85.5 Å². The van der Waals surface area contributed by atoms with Crippen LogP contribution in [0.25, 0.3) is 0 Å². The summed E-state index contributed by atoms with van der Waals surface area (Å²) in [5, 5.41) is 2.69. The number of ether oxygens (including phenoxy) is 3. The second kappa shape index (κ2) is 9.17. The maximum atomic E-state index is 12.7. The predicted molar refractivity (Wildman–Crippen MR) is 129 cm³/mol. The molecule has 1 amide bonds. The zero-order chi connectivity index (χ0) is 24.6. The fraction of sp³-hybridized carbons (Fsp3) is 0.536. The third kappa shape index (κ3) is 4.48. The number of methoxy groups -OCH3 is 2. The first-order valence-electron chi connectivity index (χ1n) is 12.4. The number of amides is 1. The Morgan fingerprint density at radius 3 is 2.14 bits per heavy atom. The molecule has 4 saturated carbocycles. The molecule has 0 spiro atoms. The predicted octanol–water partition coefficient (Wildman–Crippen LogP) is 3.62. The van der Waals surface area contributed by atoms with Crippen LogP contribution >= 0.6 is 0 Å². The smallest absolute Gasteiger partial charge is 0.336 e. The van der Waals surface area contributed by atoms with Crippen molar-refractivity contribution in [1.82, 2.24) is 5.32 Å². The number of carbonyl (C=O) groups is 3. The SMILES string of the molecule is COC(=O)C1=CC=CC(NC(=O)COc2ccc(C34CC5CC(CC(C5)C3)C4)cc2)(C(=O)OC)C1. The number of esters is 2. The van der Waals surface area contributed by atoms with Crippen LogP contribution in [0.4, 0.5) is 0 Å². The number of hydrogen-bond acceptors (Lipinski definition) is 6. The molecule has 5 aliphatic rings. The van der Waals surface area contributed by atoms with E-state index in [1.165, 1.54) is 70.5 Å². The molecule has 186 valence electrons. The molecule has 7 heteroatoms. The standard InChI is InChI=1S/C28H33NO6/c1-33-25(31)21-4-3-9-28(16-21,26(32)34-2)29-24(30)17-35-23-7-5-22(6-8-23)27-13-18-10-19(14-27)12-20(11-18)15-27/h3-9,18-20H,10-17H2,1-2H3,(H,29,30). The van der Waals surface area contributed by atoms with E-state index in [9.17, 15) is 14.4 Å². The Hall–Kier alpha value is -3.09. The number of carbonyl (C=O) groups excluding carboxylic acids is 3. The Morgan fingerprint density at radius 1 is 0.943 bits per heavy atom. The van der Waals surface area contributed by atoms with Crippen molar-refractivity contribution in [2.24, 2.45) is 17.8 Å². The largest absolute Gasteiger partial charge is 0.484 e. The Morgan fingerprint density at radius 2 is 1.57 bits per heavy atom. The van der Waals surface area contributed by atoms with Crippen LogP contribution < -0.4 is 10.1 Å². The molecular formula is C28H33NO6. The summed E-state index contributed by atoms with van der Waals surface area (Å²) in [6, 6.07) is 8.20. The van der Waals surface area contributed by atoms with Gasteiger partial charge in [0, 0.05) is 12.0 Å². The van der Waals surface area contributed by atoms with Gasteiger partial charge in [-0.3, -0.25) is 4.79 Å². The molecule has 35 heavy (non-hydrogen) atoms. The molecule has 6 rings (SSSR count). The van der Waals surface area contributed by atoms with Crippen molar-refractivity contribution in [3.63, 3.8) is 0 Å². The number of hydrogen-bond donors (Lipinski definition) is 1. The van der Waals surface area contributed by atoms with Crippen molar-refractivity contribution in [3.05, 3.63) is 53.6 Å². The van der Waals surface area contributed by atoms with Crippen LogP contribution in [-0.2, 0) is 29.3 Å². The minimum Gasteiger partial charge on any atom is -0.484 e. The molecule has 0 heterocycles. The highest BCUT2D eigenvalue weighted by atomic mass is 16.5. The minimum absolute atomic E-state index is 0.0612. The molecule has 0 aliphatic heterocycles. The van der Waals surface area contributed by atoms with E-state index in [1.54, 1.807) is 6.08 Å². The van der Waals surface area contributed by atoms with Crippen LogP contribution in [0.1, 0.15) is 50.5 Å². The zero-order valence-electron chi connectivity index (χ0n) is 20.4. The van der Waals surface area contributed by atoms with E-state index in [4.69, 9.17) is 14.2 Å². The Bertz CT molecular complexity index is 1040. The second-order valence-electron chi connectivity index (χ2n) is 10.7. The van der Waals surface area contributed by atoms with Gasteiger partial charge in [-0.25, -0.2) is 9.59 Å². The molecule has 7 nitrogen and oxygen atoms in total. The first kappa shape index (κ1) is 23.6. The second-order valence-corrected chi connectivity index (χ2v) is 10.7. The monoisotopic (exact) mass is 479 g/mol. The van der Waals surface area contributed by atoms with E-state index >= 15 is 0 Å². The zero-order valence-corrected chi connectivity index (χ0v) is 20.4. The summed E-state index contributed by atoms with van der Waals surface area (Å²) >= 11 is 0. The molecule has 5 aliphatic carbocycles. The molecule has 4 fully saturated rings. The van der Waals surface area contributed by atoms with E-state index in [2.05, 4.69) is 17.4 Å². The van der Waals surface area contributed by atoms with Gasteiger partial charge in [-0.15, -0.1) is 0 Å². The van der Waals surface area contributed by atoms with Crippen LogP contribution in [0.3, 0.4) is 0 Å². The highest BCUT2D eigenvalue weighted by Gasteiger charge is 2.51. The average molecular weight is 480 g/mol. The Balaban J connectivity index is 1.21. The van der Waals surface area contributed by atoms with Crippen LogP contribution in [0, 0.1) is 17.8 Å². The van der Waals surface area contributed by atoms with Crippen LogP contribution in [0.15, 0.2) is 48.1 Å². The van der Waals surface area contributed by atoms with E-state index < -0.39 is 23.4 Å². The van der Waals surface area contributed by atoms with Crippen LogP contribution in [-0.4, -0.2) is 44.2 Å². The van der Waals surface area contributed by atoms with Gasteiger partial charge in [0.15, 0.2) is 12.1 Å². The first-order valence-corrected chi connectivity index (χ1v) is 12.4. The minimum atomic E-state index is -1.49. The van der Waals surface area contributed by atoms with Crippen molar-refractivity contribution in [2.75, 3.05) is 20.8 Å². The molecule has 1 aromatic carbocycles. The van der Waals surface area contributed by atoms with Gasteiger partial charge in [0.25, 0.3) is 5.91 Å². The summed E-state index contributed by atoms with van der Waals surface area (Å²) in [7, 11) is 2.50. The number of nitrogens with one attached hydrogen (secondary N) is 1. The molecule has 1 unspecified atom stereocenters. The van der Waals surface area contributed by atoms with Crippen molar-refractivity contribution >= 4 is 17.8 Å². The lowest BCUT2D eigenvalue weighted by Crippen LogP contribution is -2.56. The Kier molecular flexibility index (Phi) is 6.20. The quantitative estimate of drug-likeness (QED) is 0.601. The molecule has 1 aromatic rings. The molecule has 1 N–H and O–H groups in total. The van der Waals surface area contributed by atoms with E-state index in [-0.39, 0.29) is 18.6 Å². The highest BCUT2D eigenvalue weighted by molar-refractivity contribution is 5.96. The molecular weight excluding hydrogens is 446 g/mol. The topological polar surface area (TPSA) is 90.9 Å². The maximum absolute atomic E-state index is 12.7. The molecule has 0 radical (unpaired) electrons. The number of benzene rings is 1. The van der Waals surface area contributed by atoms with Gasteiger partial charge in [0.2, 0.25) is 0 Å². The van der Waals surface area contributed by atoms with Crippen molar-refractivity contribution in [1.29, 1.82) is 0 Å². The molecule has 0 aromatic heterocycles. The summed E-state index contributed by atoms with van der Waals surface area (Å²) in [6.07, 6.45) is 12.7.